The molecule has 1 fully saturated rings. The van der Waals surface area contributed by atoms with Crippen molar-refractivity contribution in [2.75, 3.05) is 38.2 Å². The maximum atomic E-state index is 12.5. The standard InChI is InChI=1S/C15H18BrN3O3/c1-18(11-4-5-17-7-11)14(20)8-19-12-3-2-10(16)6-13(12)22-9-15(19)21/h2-3,6,11,17H,4-5,7-9H2,1H3. The second kappa shape index (κ2) is 6.26. The van der Waals surface area contributed by atoms with Gasteiger partial charge in [-0.15, -0.1) is 0 Å². The number of benzene rings is 1. The van der Waals surface area contributed by atoms with Gasteiger partial charge in [-0.3, -0.25) is 14.5 Å². The topological polar surface area (TPSA) is 61.9 Å². The molecule has 1 N–H and O–H groups in total. The molecule has 22 heavy (non-hydrogen) atoms. The van der Waals surface area contributed by atoms with E-state index < -0.39 is 0 Å². The normalized spacial score (nSPS) is 20.5. The molecule has 0 aliphatic carbocycles. The molecule has 0 bridgehead atoms. The van der Waals surface area contributed by atoms with Crippen molar-refractivity contribution < 1.29 is 14.3 Å². The summed E-state index contributed by atoms with van der Waals surface area (Å²) in [5.74, 6) is 0.367. The summed E-state index contributed by atoms with van der Waals surface area (Å²) in [5, 5.41) is 3.24. The van der Waals surface area contributed by atoms with E-state index >= 15 is 0 Å². The molecule has 1 unspecified atom stereocenters. The minimum Gasteiger partial charge on any atom is -0.482 e. The van der Waals surface area contributed by atoms with Gasteiger partial charge in [0, 0.05) is 24.1 Å². The van der Waals surface area contributed by atoms with E-state index in [1.54, 1.807) is 18.0 Å². The lowest BCUT2D eigenvalue weighted by Gasteiger charge is -2.31. The van der Waals surface area contributed by atoms with Crippen molar-refractivity contribution in [1.82, 2.24) is 10.2 Å². The number of nitrogens with zero attached hydrogens (tertiary/aromatic N) is 2. The molecule has 1 aromatic carbocycles. The molecule has 2 aliphatic rings. The summed E-state index contributed by atoms with van der Waals surface area (Å²) in [6.45, 7) is 1.74. The van der Waals surface area contributed by atoms with Crippen molar-refractivity contribution in [3.05, 3.63) is 22.7 Å². The number of anilines is 1. The molecule has 3 rings (SSSR count). The highest BCUT2D eigenvalue weighted by Gasteiger charge is 2.30. The van der Waals surface area contributed by atoms with Gasteiger partial charge in [-0.1, -0.05) is 15.9 Å². The predicted octanol–water partition coefficient (Wildman–Crippen LogP) is 0.995. The lowest BCUT2D eigenvalue weighted by molar-refractivity contribution is -0.132. The van der Waals surface area contributed by atoms with Crippen molar-refractivity contribution in [2.45, 2.75) is 12.5 Å². The Morgan fingerprint density at radius 2 is 2.36 bits per heavy atom. The van der Waals surface area contributed by atoms with E-state index in [1.807, 2.05) is 12.1 Å². The van der Waals surface area contributed by atoms with Gasteiger partial charge >= 0.3 is 0 Å². The molecule has 0 aromatic heterocycles. The maximum absolute atomic E-state index is 12.5. The fraction of sp³-hybridized carbons (Fsp3) is 0.467. The summed E-state index contributed by atoms with van der Waals surface area (Å²) in [5.41, 5.74) is 0.644. The smallest absolute Gasteiger partial charge is 0.265 e. The van der Waals surface area contributed by atoms with Gasteiger partial charge in [0.05, 0.1) is 5.69 Å². The molecule has 1 saturated heterocycles. The monoisotopic (exact) mass is 367 g/mol. The van der Waals surface area contributed by atoms with Crippen LogP contribution in [0, 0.1) is 0 Å². The average molecular weight is 368 g/mol. The number of nitrogens with one attached hydrogen (secondary N) is 1. The summed E-state index contributed by atoms with van der Waals surface area (Å²) >= 11 is 3.38. The predicted molar refractivity (Wildman–Crippen MR) is 86.0 cm³/mol. The quantitative estimate of drug-likeness (QED) is 0.865. The van der Waals surface area contributed by atoms with E-state index in [9.17, 15) is 9.59 Å². The number of fused-ring (bicyclic) bond motifs is 1. The van der Waals surface area contributed by atoms with Crippen LogP contribution in [-0.4, -0.2) is 56.0 Å². The molecule has 2 amide bonds. The molecule has 0 saturated carbocycles. The number of rotatable bonds is 3. The van der Waals surface area contributed by atoms with Crippen molar-refractivity contribution in [2.24, 2.45) is 0 Å². The highest BCUT2D eigenvalue weighted by Crippen LogP contribution is 2.34. The molecule has 6 nitrogen and oxygen atoms in total. The Kier molecular flexibility index (Phi) is 4.35. The van der Waals surface area contributed by atoms with E-state index in [1.165, 1.54) is 4.90 Å². The van der Waals surface area contributed by atoms with Crippen molar-refractivity contribution >= 4 is 33.4 Å². The third-order valence-electron chi connectivity index (χ3n) is 4.13. The van der Waals surface area contributed by atoms with Crippen LogP contribution in [0.5, 0.6) is 5.75 Å². The molecule has 0 radical (unpaired) electrons. The fourth-order valence-corrected chi connectivity index (χ4v) is 3.11. The molecule has 1 atom stereocenters. The summed E-state index contributed by atoms with van der Waals surface area (Å²) in [6, 6.07) is 5.64. The van der Waals surface area contributed by atoms with Crippen LogP contribution < -0.4 is 15.0 Å². The third-order valence-corrected chi connectivity index (χ3v) is 4.63. The van der Waals surface area contributed by atoms with E-state index in [-0.39, 0.29) is 31.0 Å². The number of hydrogen-bond donors (Lipinski definition) is 1. The number of amides is 2. The Morgan fingerprint density at radius 1 is 1.55 bits per heavy atom. The zero-order valence-corrected chi connectivity index (χ0v) is 13.9. The number of likely N-dealkylation sites (N-methyl/N-ethyl adjacent to an activating group) is 1. The van der Waals surface area contributed by atoms with E-state index in [0.29, 0.717) is 11.4 Å². The first-order valence-electron chi connectivity index (χ1n) is 7.25. The summed E-state index contributed by atoms with van der Waals surface area (Å²) in [7, 11) is 1.80. The SMILES string of the molecule is CN(C(=O)CN1C(=O)COc2cc(Br)ccc21)C1CCNC1. The first-order chi connectivity index (χ1) is 10.6. The third kappa shape index (κ3) is 2.96. The van der Waals surface area contributed by atoms with Crippen LogP contribution in [0.1, 0.15) is 6.42 Å². The minimum absolute atomic E-state index is 0.0363. The van der Waals surface area contributed by atoms with Gasteiger partial charge in [-0.25, -0.2) is 0 Å². The second-order valence-electron chi connectivity index (χ2n) is 5.53. The molecule has 2 aliphatic heterocycles. The lowest BCUT2D eigenvalue weighted by atomic mass is 10.2. The highest BCUT2D eigenvalue weighted by molar-refractivity contribution is 9.10. The van der Waals surface area contributed by atoms with Crippen LogP contribution in [0.25, 0.3) is 0 Å². The van der Waals surface area contributed by atoms with Crippen LogP contribution in [-0.2, 0) is 9.59 Å². The van der Waals surface area contributed by atoms with E-state index in [2.05, 4.69) is 21.2 Å². The van der Waals surface area contributed by atoms with Gasteiger partial charge in [0.1, 0.15) is 12.3 Å². The Balaban J connectivity index is 1.76. The van der Waals surface area contributed by atoms with Gasteiger partial charge in [0.25, 0.3) is 5.91 Å². The molecule has 1 aromatic rings. The summed E-state index contributed by atoms with van der Waals surface area (Å²) < 4.78 is 6.31. The zero-order valence-electron chi connectivity index (χ0n) is 12.3. The number of ether oxygens (including phenoxy) is 1. The molecule has 118 valence electrons. The summed E-state index contributed by atoms with van der Waals surface area (Å²) in [4.78, 5) is 27.8. The maximum Gasteiger partial charge on any atom is 0.265 e. The molecule has 2 heterocycles. The van der Waals surface area contributed by atoms with Crippen LogP contribution in [0.2, 0.25) is 0 Å². The number of carbonyl (C=O) groups is 2. The zero-order chi connectivity index (χ0) is 15.7. The number of hydrogen-bond acceptors (Lipinski definition) is 4. The van der Waals surface area contributed by atoms with Crippen LogP contribution >= 0.6 is 15.9 Å². The van der Waals surface area contributed by atoms with Gasteiger partial charge in [-0.2, -0.15) is 0 Å². The van der Waals surface area contributed by atoms with Gasteiger partial charge in [0.2, 0.25) is 5.91 Å². The van der Waals surface area contributed by atoms with Crippen molar-refractivity contribution in [3.8, 4) is 5.75 Å². The van der Waals surface area contributed by atoms with Gasteiger partial charge < -0.3 is 15.0 Å². The second-order valence-corrected chi connectivity index (χ2v) is 6.45. The van der Waals surface area contributed by atoms with Crippen LogP contribution in [0.15, 0.2) is 22.7 Å². The molecular weight excluding hydrogens is 350 g/mol. The Hall–Kier alpha value is -1.60. The van der Waals surface area contributed by atoms with Crippen LogP contribution in [0.3, 0.4) is 0 Å². The largest absolute Gasteiger partial charge is 0.482 e. The molecule has 7 heteroatoms. The number of carbonyl (C=O) groups excluding carboxylic acids is 2. The lowest BCUT2D eigenvalue weighted by Crippen LogP contribution is -2.48. The Morgan fingerprint density at radius 3 is 3.09 bits per heavy atom. The first-order valence-corrected chi connectivity index (χ1v) is 8.04. The Bertz CT molecular complexity index is 602. The highest BCUT2D eigenvalue weighted by atomic mass is 79.9. The van der Waals surface area contributed by atoms with E-state index in [0.717, 1.165) is 24.0 Å². The Labute approximate surface area is 137 Å². The van der Waals surface area contributed by atoms with Crippen molar-refractivity contribution in [3.63, 3.8) is 0 Å². The summed E-state index contributed by atoms with van der Waals surface area (Å²) in [6.07, 6.45) is 0.947. The molecular formula is C15H18BrN3O3. The van der Waals surface area contributed by atoms with E-state index in [4.69, 9.17) is 4.74 Å². The first kappa shape index (κ1) is 15.3. The average Bonchev–Trinajstić information content (AvgIpc) is 3.03. The van der Waals surface area contributed by atoms with Gasteiger partial charge in [-0.05, 0) is 31.2 Å². The molecule has 0 spiro atoms. The fourth-order valence-electron chi connectivity index (χ4n) is 2.77. The number of halogens is 1. The van der Waals surface area contributed by atoms with Crippen molar-refractivity contribution in [1.29, 1.82) is 0 Å². The minimum atomic E-state index is -0.193. The van der Waals surface area contributed by atoms with Crippen LogP contribution in [0.4, 0.5) is 5.69 Å². The van der Waals surface area contributed by atoms with Gasteiger partial charge in [0.15, 0.2) is 6.61 Å².